The number of hydrogen-bond acceptors (Lipinski definition) is 5. The van der Waals surface area contributed by atoms with E-state index in [2.05, 4.69) is 4.72 Å². The number of carbonyl (C=O) groups is 1. The van der Waals surface area contributed by atoms with Gasteiger partial charge < -0.3 is 15.7 Å². The zero-order valence-corrected chi connectivity index (χ0v) is 13.9. The molecule has 0 aliphatic carbocycles. The van der Waals surface area contributed by atoms with Crippen molar-refractivity contribution in [2.75, 3.05) is 32.4 Å². The molecule has 1 aromatic carbocycles. The number of unbranched alkanes of at least 4 members (excludes halogenated alkanes) is 1. The van der Waals surface area contributed by atoms with Crippen molar-refractivity contribution >= 4 is 21.7 Å². The number of aliphatic carboxylic acids is 1. The quantitative estimate of drug-likeness (QED) is 0.331. The van der Waals surface area contributed by atoms with Gasteiger partial charge in [0, 0.05) is 24.9 Å². The maximum Gasteiger partial charge on any atom is 0.328 e. The third-order valence-corrected chi connectivity index (χ3v) is 4.60. The molecule has 1 aromatic rings. The van der Waals surface area contributed by atoms with Crippen LogP contribution in [0.5, 0.6) is 0 Å². The van der Waals surface area contributed by atoms with E-state index in [4.69, 9.17) is 10.8 Å². The first-order chi connectivity index (χ1) is 10.8. The summed E-state index contributed by atoms with van der Waals surface area (Å²) < 4.78 is 26.6. The molecule has 8 heteroatoms. The Kier molecular flexibility index (Phi) is 7.73. The summed E-state index contributed by atoms with van der Waals surface area (Å²) in [7, 11) is -1.62. The van der Waals surface area contributed by atoms with Crippen LogP contribution in [0.4, 0.5) is 5.69 Å². The highest BCUT2D eigenvalue weighted by atomic mass is 32.2. The molecule has 0 bridgehead atoms. The van der Waals surface area contributed by atoms with Gasteiger partial charge in [-0.1, -0.05) is 6.08 Å². The van der Waals surface area contributed by atoms with Crippen molar-refractivity contribution in [2.45, 2.75) is 17.7 Å². The average Bonchev–Trinajstić information content (AvgIpc) is 2.47. The second kappa shape index (κ2) is 9.29. The summed E-state index contributed by atoms with van der Waals surface area (Å²) in [6, 6.07) is 6.04. The first-order valence-electron chi connectivity index (χ1n) is 7.24. The molecule has 0 fully saturated rings. The molecule has 0 unspecified atom stereocenters. The molecule has 1 rings (SSSR count). The zero-order valence-electron chi connectivity index (χ0n) is 13.1. The molecule has 0 radical (unpaired) electrons. The van der Waals surface area contributed by atoms with Gasteiger partial charge in [-0.15, -0.1) is 0 Å². The number of anilines is 1. The lowest BCUT2D eigenvalue weighted by Gasteiger charge is -2.14. The minimum atomic E-state index is -3.50. The predicted molar refractivity (Wildman–Crippen MR) is 89.5 cm³/mol. The number of hydrogen-bond donors (Lipinski definition) is 3. The second-order valence-electron chi connectivity index (χ2n) is 5.18. The Morgan fingerprint density at radius 1 is 1.30 bits per heavy atom. The summed E-state index contributed by atoms with van der Waals surface area (Å²) in [5.74, 6) is -0.963. The third-order valence-electron chi connectivity index (χ3n) is 3.13. The fourth-order valence-electron chi connectivity index (χ4n) is 1.87. The largest absolute Gasteiger partial charge is 0.478 e. The van der Waals surface area contributed by atoms with E-state index in [1.54, 1.807) is 18.2 Å². The number of nitrogens with two attached hydrogens (primary N) is 1. The molecular weight excluding hydrogens is 318 g/mol. The number of carboxylic acid groups (broad SMARTS) is 1. The predicted octanol–water partition coefficient (Wildman–Crippen LogP) is 0.900. The Morgan fingerprint density at radius 3 is 2.57 bits per heavy atom. The lowest BCUT2D eigenvalue weighted by Crippen LogP contribution is -2.26. The summed E-state index contributed by atoms with van der Waals surface area (Å²) in [6.45, 7) is 1.66. The number of carboxylic acids is 1. The highest BCUT2D eigenvalue weighted by Gasteiger charge is 2.12. The van der Waals surface area contributed by atoms with E-state index in [9.17, 15) is 13.2 Å². The molecule has 0 aliphatic heterocycles. The molecule has 0 saturated carbocycles. The lowest BCUT2D eigenvalue weighted by atomic mass is 10.3. The van der Waals surface area contributed by atoms with Gasteiger partial charge in [-0.05, 0) is 50.7 Å². The van der Waals surface area contributed by atoms with Gasteiger partial charge in [0.2, 0.25) is 10.0 Å². The molecule has 128 valence electrons. The van der Waals surface area contributed by atoms with Crippen LogP contribution in [-0.4, -0.2) is 51.1 Å². The average molecular weight is 341 g/mol. The minimum absolute atomic E-state index is 0.197. The van der Waals surface area contributed by atoms with Crippen LogP contribution in [0, 0.1) is 0 Å². The van der Waals surface area contributed by atoms with Gasteiger partial charge in [0.1, 0.15) is 0 Å². The Balaban J connectivity index is 2.26. The monoisotopic (exact) mass is 341 g/mol. The van der Waals surface area contributed by atoms with Crippen LogP contribution in [0.3, 0.4) is 0 Å². The molecule has 0 atom stereocenters. The number of likely N-dealkylation sites (N-methyl/N-ethyl adjacent to an activating group) is 1. The van der Waals surface area contributed by atoms with E-state index in [-0.39, 0.29) is 4.90 Å². The number of nitrogens with zero attached hydrogens (tertiary/aromatic N) is 1. The maximum absolute atomic E-state index is 12.0. The first-order valence-corrected chi connectivity index (χ1v) is 8.73. The molecule has 0 aliphatic rings. The zero-order chi connectivity index (χ0) is 17.3. The van der Waals surface area contributed by atoms with Crippen LogP contribution in [-0.2, 0) is 14.8 Å². The van der Waals surface area contributed by atoms with Crippen LogP contribution in [0.15, 0.2) is 41.3 Å². The van der Waals surface area contributed by atoms with Gasteiger partial charge in [-0.25, -0.2) is 17.9 Å². The molecule has 23 heavy (non-hydrogen) atoms. The van der Waals surface area contributed by atoms with Gasteiger partial charge >= 0.3 is 5.97 Å². The third kappa shape index (κ3) is 7.78. The molecule has 0 saturated heterocycles. The van der Waals surface area contributed by atoms with Crippen LogP contribution in [0.1, 0.15) is 12.8 Å². The van der Waals surface area contributed by atoms with Crippen molar-refractivity contribution in [2.24, 2.45) is 0 Å². The van der Waals surface area contributed by atoms with Crippen LogP contribution < -0.4 is 10.5 Å². The maximum atomic E-state index is 12.0. The Labute approximate surface area is 136 Å². The number of rotatable bonds is 10. The van der Waals surface area contributed by atoms with Crippen molar-refractivity contribution in [1.29, 1.82) is 0 Å². The fraction of sp³-hybridized carbons (Fsp3) is 0.400. The smallest absolute Gasteiger partial charge is 0.328 e. The SMILES string of the molecule is CN(CC=CC(=O)O)CCCCNS(=O)(=O)c1ccc(N)cc1. The van der Waals surface area contributed by atoms with Crippen LogP contribution in [0.2, 0.25) is 0 Å². The van der Waals surface area contributed by atoms with E-state index in [0.29, 0.717) is 25.2 Å². The van der Waals surface area contributed by atoms with E-state index >= 15 is 0 Å². The van der Waals surface area contributed by atoms with Gasteiger partial charge in [0.25, 0.3) is 0 Å². The summed E-state index contributed by atoms with van der Waals surface area (Å²) >= 11 is 0. The molecule has 0 spiro atoms. The Morgan fingerprint density at radius 2 is 1.96 bits per heavy atom. The molecule has 4 N–H and O–H groups in total. The van der Waals surface area contributed by atoms with Crippen molar-refractivity contribution in [3.8, 4) is 0 Å². The summed E-state index contributed by atoms with van der Waals surface area (Å²) in [4.78, 5) is 12.5. The highest BCUT2D eigenvalue weighted by Crippen LogP contribution is 2.11. The van der Waals surface area contributed by atoms with E-state index in [0.717, 1.165) is 19.0 Å². The summed E-state index contributed by atoms with van der Waals surface area (Å²) in [5, 5.41) is 8.48. The number of nitrogens with one attached hydrogen (secondary N) is 1. The first kappa shape index (κ1) is 19.1. The summed E-state index contributed by atoms with van der Waals surface area (Å²) in [5.41, 5.74) is 6.05. The van der Waals surface area contributed by atoms with E-state index < -0.39 is 16.0 Å². The van der Waals surface area contributed by atoms with Gasteiger partial charge in [0.15, 0.2) is 0 Å². The molecule has 0 amide bonds. The van der Waals surface area contributed by atoms with Crippen molar-refractivity contribution in [3.63, 3.8) is 0 Å². The van der Waals surface area contributed by atoms with Gasteiger partial charge in [-0.2, -0.15) is 0 Å². The standard InChI is InChI=1S/C15H23N3O4S/c1-18(12-4-5-15(19)20)11-3-2-10-17-23(21,22)14-8-6-13(16)7-9-14/h4-9,17H,2-3,10-12,16H2,1H3,(H,19,20). The fourth-order valence-corrected chi connectivity index (χ4v) is 2.94. The van der Waals surface area contributed by atoms with Crippen molar-refractivity contribution in [3.05, 3.63) is 36.4 Å². The van der Waals surface area contributed by atoms with Gasteiger partial charge in [0.05, 0.1) is 4.90 Å². The Hall–Kier alpha value is -1.90. The topological polar surface area (TPSA) is 113 Å². The lowest BCUT2D eigenvalue weighted by molar-refractivity contribution is -0.131. The summed E-state index contributed by atoms with van der Waals surface area (Å²) in [6.07, 6.45) is 4.19. The van der Waals surface area contributed by atoms with Crippen molar-refractivity contribution in [1.82, 2.24) is 9.62 Å². The van der Waals surface area contributed by atoms with Gasteiger partial charge in [-0.3, -0.25) is 0 Å². The molecule has 0 aromatic heterocycles. The normalized spacial score (nSPS) is 12.1. The number of benzene rings is 1. The van der Waals surface area contributed by atoms with Crippen LogP contribution in [0.25, 0.3) is 0 Å². The Bertz CT molecular complexity index is 627. The van der Waals surface area contributed by atoms with Crippen molar-refractivity contribution < 1.29 is 18.3 Å². The van der Waals surface area contributed by atoms with E-state index in [1.165, 1.54) is 12.1 Å². The highest BCUT2D eigenvalue weighted by molar-refractivity contribution is 7.89. The number of sulfonamides is 1. The number of nitrogen functional groups attached to an aromatic ring is 1. The molecule has 7 nitrogen and oxygen atoms in total. The molecule has 0 heterocycles. The van der Waals surface area contributed by atoms with Crippen LogP contribution >= 0.6 is 0 Å². The van der Waals surface area contributed by atoms with E-state index in [1.807, 2.05) is 11.9 Å². The minimum Gasteiger partial charge on any atom is -0.478 e. The molecular formula is C15H23N3O4S. The second-order valence-corrected chi connectivity index (χ2v) is 6.94.